The third-order valence-electron chi connectivity index (χ3n) is 1.11. The van der Waals surface area contributed by atoms with Crippen LogP contribution in [0.5, 0.6) is 0 Å². The molecule has 1 aromatic rings. The molecular formula is C6H5KO3S2. The smallest absolute Gasteiger partial charge is 0.744 e. The molecular weight excluding hydrogens is 223 g/mol. The molecule has 6 heteroatoms. The predicted octanol–water partition coefficient (Wildman–Crippen LogP) is -2.12. The Bertz CT molecular complexity index is 361. The summed E-state index contributed by atoms with van der Waals surface area (Å²) in [6.45, 7) is 0. The van der Waals surface area contributed by atoms with Crippen LogP contribution >= 0.6 is 12.6 Å². The molecule has 0 aliphatic carbocycles. The van der Waals surface area contributed by atoms with Gasteiger partial charge in [0.25, 0.3) is 0 Å². The van der Waals surface area contributed by atoms with E-state index in [-0.39, 0.29) is 56.3 Å². The van der Waals surface area contributed by atoms with Crippen LogP contribution in [0, 0.1) is 0 Å². The summed E-state index contributed by atoms with van der Waals surface area (Å²) in [5.41, 5.74) is 0. The Balaban J connectivity index is 0.00000121. The second-order valence-electron chi connectivity index (χ2n) is 1.95. The van der Waals surface area contributed by atoms with Crippen LogP contribution in [0.2, 0.25) is 0 Å². The van der Waals surface area contributed by atoms with Crippen molar-refractivity contribution in [2.45, 2.75) is 9.79 Å². The number of rotatable bonds is 1. The van der Waals surface area contributed by atoms with Gasteiger partial charge in [-0.1, -0.05) is 6.07 Å². The summed E-state index contributed by atoms with van der Waals surface area (Å²) in [6.07, 6.45) is 0. The maximum absolute atomic E-state index is 10.4. The molecule has 0 amide bonds. The number of hydrogen-bond acceptors (Lipinski definition) is 4. The van der Waals surface area contributed by atoms with Gasteiger partial charge in [-0.15, -0.1) is 12.6 Å². The molecule has 0 bridgehead atoms. The normalized spacial score (nSPS) is 10.5. The van der Waals surface area contributed by atoms with Gasteiger partial charge in [-0.25, -0.2) is 8.42 Å². The SMILES string of the molecule is O=S(=O)([O-])c1cccc(S)c1.[K+]. The summed E-state index contributed by atoms with van der Waals surface area (Å²) >= 11 is 3.88. The van der Waals surface area contributed by atoms with Crippen molar-refractivity contribution in [1.29, 1.82) is 0 Å². The maximum Gasteiger partial charge on any atom is 1.00 e. The van der Waals surface area contributed by atoms with E-state index in [9.17, 15) is 13.0 Å². The number of thiol groups is 1. The molecule has 0 unspecified atom stereocenters. The molecule has 0 atom stereocenters. The fourth-order valence-electron chi connectivity index (χ4n) is 0.639. The molecule has 12 heavy (non-hydrogen) atoms. The van der Waals surface area contributed by atoms with Gasteiger partial charge in [0, 0.05) is 4.90 Å². The zero-order chi connectivity index (χ0) is 8.48. The molecule has 0 radical (unpaired) electrons. The molecule has 0 aliphatic heterocycles. The van der Waals surface area contributed by atoms with Crippen molar-refractivity contribution in [3.63, 3.8) is 0 Å². The van der Waals surface area contributed by atoms with Gasteiger partial charge in [0.15, 0.2) is 0 Å². The largest absolute Gasteiger partial charge is 1.00 e. The third kappa shape index (κ3) is 3.88. The first-order valence-corrected chi connectivity index (χ1v) is 4.60. The van der Waals surface area contributed by atoms with E-state index in [1.54, 1.807) is 6.07 Å². The fraction of sp³-hybridized carbons (Fsp3) is 0. The zero-order valence-corrected chi connectivity index (χ0v) is 11.2. The van der Waals surface area contributed by atoms with E-state index in [1.807, 2.05) is 0 Å². The Kier molecular flexibility index (Phi) is 5.59. The summed E-state index contributed by atoms with van der Waals surface area (Å²) in [5, 5.41) is 0. The van der Waals surface area contributed by atoms with Gasteiger partial charge in [0.05, 0.1) is 4.90 Å². The van der Waals surface area contributed by atoms with Gasteiger partial charge in [0.1, 0.15) is 10.1 Å². The second kappa shape index (κ2) is 5.11. The number of hydrogen-bond donors (Lipinski definition) is 1. The van der Waals surface area contributed by atoms with Crippen molar-refractivity contribution in [3.05, 3.63) is 24.3 Å². The van der Waals surface area contributed by atoms with Crippen LogP contribution in [0.15, 0.2) is 34.1 Å². The molecule has 1 rings (SSSR count). The average molecular weight is 228 g/mol. The summed E-state index contributed by atoms with van der Waals surface area (Å²) in [4.78, 5) is 0.215. The quantitative estimate of drug-likeness (QED) is 0.340. The van der Waals surface area contributed by atoms with Crippen LogP contribution in [0.4, 0.5) is 0 Å². The molecule has 3 nitrogen and oxygen atoms in total. The van der Waals surface area contributed by atoms with E-state index < -0.39 is 10.1 Å². The van der Waals surface area contributed by atoms with Gasteiger partial charge in [0.2, 0.25) is 0 Å². The van der Waals surface area contributed by atoms with Gasteiger partial charge >= 0.3 is 51.4 Å². The molecule has 0 aliphatic rings. The molecule has 1 aromatic carbocycles. The van der Waals surface area contributed by atoms with Crippen molar-refractivity contribution < 1.29 is 64.4 Å². The van der Waals surface area contributed by atoms with E-state index in [0.717, 1.165) is 0 Å². The second-order valence-corrected chi connectivity index (χ2v) is 3.85. The molecule has 0 fully saturated rings. The van der Waals surface area contributed by atoms with Crippen LogP contribution in [-0.2, 0) is 10.1 Å². The minimum absolute atomic E-state index is 0. The van der Waals surface area contributed by atoms with E-state index in [2.05, 4.69) is 12.6 Å². The van der Waals surface area contributed by atoms with Gasteiger partial charge in [-0.3, -0.25) is 0 Å². The van der Waals surface area contributed by atoms with Crippen LogP contribution in [0.3, 0.4) is 0 Å². The van der Waals surface area contributed by atoms with Crippen molar-refractivity contribution in [3.8, 4) is 0 Å². The van der Waals surface area contributed by atoms with Crippen molar-refractivity contribution in [2.24, 2.45) is 0 Å². The van der Waals surface area contributed by atoms with Crippen LogP contribution in [0.25, 0.3) is 0 Å². The first-order valence-electron chi connectivity index (χ1n) is 2.75. The molecule has 0 N–H and O–H groups in total. The first-order chi connectivity index (χ1) is 5.00. The topological polar surface area (TPSA) is 57.2 Å². The fourth-order valence-corrected chi connectivity index (χ4v) is 1.47. The Morgan fingerprint density at radius 1 is 1.33 bits per heavy atom. The van der Waals surface area contributed by atoms with Gasteiger partial charge < -0.3 is 4.55 Å². The number of benzene rings is 1. The van der Waals surface area contributed by atoms with Gasteiger partial charge in [-0.05, 0) is 18.2 Å². The van der Waals surface area contributed by atoms with Crippen LogP contribution in [-0.4, -0.2) is 13.0 Å². The molecule has 0 saturated heterocycles. The Labute approximate surface area is 119 Å². The average Bonchev–Trinajstić information content (AvgIpc) is 1.86. The molecule has 0 aromatic heterocycles. The Morgan fingerprint density at radius 2 is 1.92 bits per heavy atom. The summed E-state index contributed by atoms with van der Waals surface area (Å²) in [6, 6.07) is 5.51. The minimum Gasteiger partial charge on any atom is -0.744 e. The van der Waals surface area contributed by atoms with E-state index in [1.165, 1.54) is 18.2 Å². The molecule has 60 valence electrons. The summed E-state index contributed by atoms with van der Waals surface area (Å²) in [5.74, 6) is 0. The maximum atomic E-state index is 10.4. The Morgan fingerprint density at radius 3 is 2.25 bits per heavy atom. The van der Waals surface area contributed by atoms with Gasteiger partial charge in [-0.2, -0.15) is 0 Å². The predicted molar refractivity (Wildman–Crippen MR) is 41.7 cm³/mol. The summed E-state index contributed by atoms with van der Waals surface area (Å²) < 4.78 is 31.2. The molecule has 0 spiro atoms. The first kappa shape index (κ1) is 13.1. The monoisotopic (exact) mass is 228 g/mol. The minimum atomic E-state index is -4.32. The van der Waals surface area contributed by atoms with E-state index in [4.69, 9.17) is 0 Å². The van der Waals surface area contributed by atoms with E-state index >= 15 is 0 Å². The molecule has 0 heterocycles. The van der Waals surface area contributed by atoms with Crippen molar-refractivity contribution in [2.75, 3.05) is 0 Å². The van der Waals surface area contributed by atoms with Crippen molar-refractivity contribution in [1.82, 2.24) is 0 Å². The van der Waals surface area contributed by atoms with Crippen LogP contribution < -0.4 is 51.4 Å². The zero-order valence-electron chi connectivity index (χ0n) is 6.39. The third-order valence-corrected chi connectivity index (χ3v) is 2.22. The van der Waals surface area contributed by atoms with Crippen molar-refractivity contribution >= 4 is 22.7 Å². The standard InChI is InChI=1S/C6H6O3S2.K/c7-11(8,9)6-3-1-2-5(10)4-6;/h1-4,10H,(H,7,8,9);/q;+1/p-1. The van der Waals surface area contributed by atoms with E-state index in [0.29, 0.717) is 4.90 Å². The Hall–Kier alpha value is 1.12. The summed E-state index contributed by atoms with van der Waals surface area (Å²) in [7, 11) is -4.32. The molecule has 0 saturated carbocycles. The van der Waals surface area contributed by atoms with Crippen LogP contribution in [0.1, 0.15) is 0 Å².